The van der Waals surface area contributed by atoms with Crippen LogP contribution in [0.15, 0.2) is 53.1 Å². The van der Waals surface area contributed by atoms with Crippen LogP contribution in [0.5, 0.6) is 0 Å². The Morgan fingerprint density at radius 1 is 1.07 bits per heavy atom. The number of likely N-dealkylation sites (N-methyl/N-ethyl adjacent to an activating group) is 1. The molecule has 0 saturated carbocycles. The number of rotatable bonds is 6. The van der Waals surface area contributed by atoms with E-state index >= 15 is 0 Å². The van der Waals surface area contributed by atoms with E-state index in [4.69, 9.17) is 4.42 Å². The van der Waals surface area contributed by atoms with Gasteiger partial charge in [0.25, 0.3) is 0 Å². The lowest BCUT2D eigenvalue weighted by Gasteiger charge is -2.37. The van der Waals surface area contributed by atoms with E-state index in [2.05, 4.69) is 39.8 Å². The number of hydrogen-bond donors (Lipinski definition) is 3. The minimum atomic E-state index is -0.601. The predicted octanol–water partition coefficient (Wildman–Crippen LogP) is -0.0219. The first-order valence-corrected chi connectivity index (χ1v) is 9.43. The predicted molar refractivity (Wildman–Crippen MR) is 102 cm³/mol. The van der Waals surface area contributed by atoms with Crippen LogP contribution in [0.2, 0.25) is 0 Å². The van der Waals surface area contributed by atoms with Crippen LogP contribution in [0.4, 0.5) is 5.69 Å². The summed E-state index contributed by atoms with van der Waals surface area (Å²) in [5, 5.41) is 5.27. The molecule has 1 saturated heterocycles. The third-order valence-corrected chi connectivity index (χ3v) is 4.92. The van der Waals surface area contributed by atoms with Gasteiger partial charge in [0.1, 0.15) is 0 Å². The highest BCUT2D eigenvalue weighted by molar-refractivity contribution is 6.35. The van der Waals surface area contributed by atoms with Gasteiger partial charge in [0.05, 0.1) is 39.0 Å². The van der Waals surface area contributed by atoms with Gasteiger partial charge in [0, 0.05) is 12.2 Å². The highest BCUT2D eigenvalue weighted by Gasteiger charge is 2.31. The van der Waals surface area contributed by atoms with Crippen LogP contribution in [0.3, 0.4) is 0 Å². The minimum absolute atomic E-state index is 0.0173. The molecule has 3 rings (SSSR count). The molecule has 7 heteroatoms. The molecule has 2 heterocycles. The van der Waals surface area contributed by atoms with Crippen LogP contribution in [0.1, 0.15) is 18.7 Å². The smallest absolute Gasteiger partial charge is 0.309 e. The zero-order chi connectivity index (χ0) is 19.1. The summed E-state index contributed by atoms with van der Waals surface area (Å²) in [6.07, 6.45) is 1.65. The number of nitrogens with one attached hydrogen (secondary N) is 3. The summed E-state index contributed by atoms with van der Waals surface area (Å²) < 4.78 is 5.61. The highest BCUT2D eigenvalue weighted by Crippen LogP contribution is 2.14. The van der Waals surface area contributed by atoms with Gasteiger partial charge >= 0.3 is 11.8 Å². The summed E-state index contributed by atoms with van der Waals surface area (Å²) in [6.45, 7) is 6.30. The molecule has 0 unspecified atom stereocenters. The molecule has 0 spiro atoms. The van der Waals surface area contributed by atoms with E-state index in [0.29, 0.717) is 13.1 Å². The van der Waals surface area contributed by atoms with Crippen molar-refractivity contribution in [1.29, 1.82) is 0 Å². The summed E-state index contributed by atoms with van der Waals surface area (Å²) in [5.74, 6) is -0.371. The summed E-state index contributed by atoms with van der Waals surface area (Å²) >= 11 is 0. The first kappa shape index (κ1) is 19.0. The number of quaternary nitrogens is 1. The van der Waals surface area contributed by atoms with Crippen molar-refractivity contribution in [3.8, 4) is 0 Å². The molecular formula is C20H27N4O3+. The fourth-order valence-corrected chi connectivity index (χ4v) is 3.49. The van der Waals surface area contributed by atoms with Gasteiger partial charge in [-0.15, -0.1) is 0 Å². The van der Waals surface area contributed by atoms with Crippen molar-refractivity contribution in [2.75, 3.05) is 44.2 Å². The number of para-hydroxylation sites is 1. The van der Waals surface area contributed by atoms with E-state index < -0.39 is 11.8 Å². The average molecular weight is 371 g/mol. The van der Waals surface area contributed by atoms with E-state index in [-0.39, 0.29) is 6.04 Å². The van der Waals surface area contributed by atoms with Gasteiger partial charge in [-0.1, -0.05) is 18.2 Å². The van der Waals surface area contributed by atoms with Gasteiger partial charge in [0.15, 0.2) is 11.8 Å². The van der Waals surface area contributed by atoms with Crippen molar-refractivity contribution in [2.24, 2.45) is 0 Å². The third kappa shape index (κ3) is 4.89. The van der Waals surface area contributed by atoms with Gasteiger partial charge in [-0.25, -0.2) is 0 Å². The second kappa shape index (κ2) is 9.23. The minimum Gasteiger partial charge on any atom is -0.463 e. The number of carbonyl (C=O) groups excluding carboxylic acids is 2. The highest BCUT2D eigenvalue weighted by atomic mass is 16.3. The van der Waals surface area contributed by atoms with Crippen LogP contribution >= 0.6 is 0 Å². The molecule has 1 aromatic carbocycles. The van der Waals surface area contributed by atoms with Gasteiger partial charge < -0.3 is 24.9 Å². The summed E-state index contributed by atoms with van der Waals surface area (Å²) in [7, 11) is 0. The molecular weight excluding hydrogens is 344 g/mol. The molecule has 27 heavy (non-hydrogen) atoms. The maximum absolute atomic E-state index is 12.0. The fraction of sp³-hybridized carbons (Fsp3) is 0.400. The Balaban J connectivity index is 1.61. The summed E-state index contributed by atoms with van der Waals surface area (Å²) in [6, 6.07) is 14.1. The molecule has 1 aromatic heterocycles. The van der Waals surface area contributed by atoms with E-state index in [1.165, 1.54) is 10.6 Å². The zero-order valence-electron chi connectivity index (χ0n) is 15.6. The lowest BCUT2D eigenvalue weighted by atomic mass is 10.1. The monoisotopic (exact) mass is 371 g/mol. The Bertz CT molecular complexity index is 725. The number of hydrogen-bond acceptors (Lipinski definition) is 4. The molecule has 1 aliphatic rings. The van der Waals surface area contributed by atoms with Crippen molar-refractivity contribution in [3.05, 3.63) is 54.5 Å². The SMILES string of the molecule is CCNC(=O)C(=O)NC[C@@H](c1ccco1)[NH+]1CCN(c2ccccc2)CC1. The Hall–Kier alpha value is -2.80. The van der Waals surface area contributed by atoms with E-state index in [0.717, 1.165) is 31.9 Å². The van der Waals surface area contributed by atoms with Crippen molar-refractivity contribution in [1.82, 2.24) is 10.6 Å². The Kier molecular flexibility index (Phi) is 6.49. The lowest BCUT2D eigenvalue weighted by Crippen LogP contribution is -3.15. The fourth-order valence-electron chi connectivity index (χ4n) is 3.49. The van der Waals surface area contributed by atoms with Gasteiger partial charge in [-0.05, 0) is 31.2 Å². The van der Waals surface area contributed by atoms with Crippen LogP contribution in [-0.4, -0.2) is 51.1 Å². The summed E-state index contributed by atoms with van der Waals surface area (Å²) in [4.78, 5) is 27.3. The molecule has 144 valence electrons. The van der Waals surface area contributed by atoms with Gasteiger partial charge in [0.2, 0.25) is 0 Å². The standard InChI is InChI=1S/C20H26N4O3/c1-2-21-19(25)20(26)22-15-17(18-9-6-14-27-18)24-12-10-23(11-13-24)16-7-4-3-5-8-16/h3-9,14,17H,2,10-13,15H2,1H3,(H,21,25)(H,22,26)/p+1/t17-/m0/s1. The van der Waals surface area contributed by atoms with E-state index in [1.807, 2.05) is 18.2 Å². The van der Waals surface area contributed by atoms with Crippen molar-refractivity contribution < 1.29 is 18.9 Å². The summed E-state index contributed by atoms with van der Waals surface area (Å²) in [5.41, 5.74) is 1.23. The molecule has 0 aliphatic carbocycles. The Morgan fingerprint density at radius 2 is 1.78 bits per heavy atom. The third-order valence-electron chi connectivity index (χ3n) is 4.92. The number of benzene rings is 1. The number of amides is 2. The zero-order valence-corrected chi connectivity index (χ0v) is 15.6. The number of anilines is 1. The molecule has 3 N–H and O–H groups in total. The van der Waals surface area contributed by atoms with Crippen molar-refractivity contribution in [2.45, 2.75) is 13.0 Å². The molecule has 0 bridgehead atoms. The molecule has 2 amide bonds. The number of carbonyl (C=O) groups is 2. The number of nitrogens with zero attached hydrogens (tertiary/aromatic N) is 1. The molecule has 2 aromatic rings. The first-order valence-electron chi connectivity index (χ1n) is 9.43. The normalized spacial score (nSPS) is 16.0. The molecule has 0 radical (unpaired) electrons. The van der Waals surface area contributed by atoms with Crippen LogP contribution < -0.4 is 20.4 Å². The maximum atomic E-state index is 12.0. The second-order valence-electron chi connectivity index (χ2n) is 6.62. The molecule has 1 fully saturated rings. The first-order chi connectivity index (χ1) is 13.2. The lowest BCUT2D eigenvalue weighted by molar-refractivity contribution is -0.932. The quantitative estimate of drug-likeness (QED) is 0.624. The maximum Gasteiger partial charge on any atom is 0.309 e. The van der Waals surface area contributed by atoms with Crippen molar-refractivity contribution >= 4 is 17.5 Å². The number of furan rings is 1. The Morgan fingerprint density at radius 3 is 2.41 bits per heavy atom. The average Bonchev–Trinajstić information content (AvgIpc) is 3.24. The molecule has 7 nitrogen and oxygen atoms in total. The van der Waals surface area contributed by atoms with Crippen LogP contribution in [0, 0.1) is 0 Å². The van der Waals surface area contributed by atoms with E-state index in [9.17, 15) is 9.59 Å². The Labute approximate surface area is 159 Å². The largest absolute Gasteiger partial charge is 0.463 e. The van der Waals surface area contributed by atoms with Crippen molar-refractivity contribution in [3.63, 3.8) is 0 Å². The number of piperazine rings is 1. The van der Waals surface area contributed by atoms with Crippen LogP contribution in [0.25, 0.3) is 0 Å². The molecule has 1 atom stereocenters. The van der Waals surface area contributed by atoms with Crippen LogP contribution in [-0.2, 0) is 9.59 Å². The second-order valence-corrected chi connectivity index (χ2v) is 6.62. The van der Waals surface area contributed by atoms with Gasteiger partial charge in [-0.2, -0.15) is 0 Å². The van der Waals surface area contributed by atoms with Gasteiger partial charge in [-0.3, -0.25) is 9.59 Å². The van der Waals surface area contributed by atoms with E-state index in [1.54, 1.807) is 13.2 Å². The molecule has 1 aliphatic heterocycles. The topological polar surface area (TPSA) is 79.0 Å².